The zero-order valence-electron chi connectivity index (χ0n) is 19.2. The van der Waals surface area contributed by atoms with Crippen molar-refractivity contribution in [2.75, 3.05) is 62.8 Å². The Morgan fingerprint density at radius 3 is 2.38 bits per heavy atom. The lowest BCUT2D eigenvalue weighted by atomic mass is 9.81. The molecule has 2 fully saturated rings. The molecule has 1 aromatic carbocycles. The number of ether oxygens (including phenoxy) is 1. The van der Waals surface area contributed by atoms with Gasteiger partial charge in [-0.1, -0.05) is 24.3 Å². The van der Waals surface area contributed by atoms with E-state index in [0.29, 0.717) is 12.5 Å². The van der Waals surface area contributed by atoms with Crippen molar-refractivity contribution in [2.24, 2.45) is 11.8 Å². The highest BCUT2D eigenvalue weighted by Crippen LogP contribution is 2.31. The molecular weight excluding hydrogens is 400 g/mol. The summed E-state index contributed by atoms with van der Waals surface area (Å²) in [6.45, 7) is 6.45. The number of rotatable bonds is 8. The summed E-state index contributed by atoms with van der Waals surface area (Å²) in [5.41, 5.74) is 1.29. The lowest BCUT2D eigenvalue weighted by Crippen LogP contribution is -2.50. The Morgan fingerprint density at radius 2 is 1.72 bits per heavy atom. The van der Waals surface area contributed by atoms with Crippen molar-refractivity contribution < 1.29 is 9.53 Å². The lowest BCUT2D eigenvalue weighted by molar-refractivity contribution is -0.123. The highest BCUT2D eigenvalue weighted by molar-refractivity contribution is 5.94. The minimum atomic E-state index is 0.0973. The number of para-hydroxylation sites is 1. The molecule has 1 saturated carbocycles. The molecule has 0 unspecified atom stereocenters. The fourth-order valence-electron chi connectivity index (χ4n) is 4.99. The van der Waals surface area contributed by atoms with E-state index >= 15 is 0 Å². The monoisotopic (exact) mass is 436 g/mol. The van der Waals surface area contributed by atoms with Crippen LogP contribution in [0.15, 0.2) is 54.7 Å². The molecule has 6 heteroatoms. The van der Waals surface area contributed by atoms with Crippen molar-refractivity contribution in [1.82, 2.24) is 9.88 Å². The molecule has 2 heterocycles. The van der Waals surface area contributed by atoms with Gasteiger partial charge >= 0.3 is 0 Å². The second-order valence-electron chi connectivity index (χ2n) is 9.02. The van der Waals surface area contributed by atoms with Crippen molar-refractivity contribution in [1.29, 1.82) is 0 Å². The van der Waals surface area contributed by atoms with Gasteiger partial charge in [-0.25, -0.2) is 4.98 Å². The zero-order valence-corrected chi connectivity index (χ0v) is 19.2. The van der Waals surface area contributed by atoms with Gasteiger partial charge in [0.25, 0.3) is 0 Å². The van der Waals surface area contributed by atoms with Crippen molar-refractivity contribution in [3.05, 3.63) is 54.7 Å². The van der Waals surface area contributed by atoms with Gasteiger partial charge in [-0.3, -0.25) is 14.6 Å². The van der Waals surface area contributed by atoms with Crippen LogP contribution in [0.2, 0.25) is 0 Å². The van der Waals surface area contributed by atoms with Gasteiger partial charge in [0.1, 0.15) is 5.82 Å². The average molecular weight is 437 g/mol. The molecule has 2 aliphatic rings. The van der Waals surface area contributed by atoms with Gasteiger partial charge in [-0.05, 0) is 55.9 Å². The molecule has 1 aliphatic heterocycles. The van der Waals surface area contributed by atoms with Crippen molar-refractivity contribution in [2.45, 2.75) is 25.7 Å². The van der Waals surface area contributed by atoms with Gasteiger partial charge in [0.2, 0.25) is 5.91 Å². The van der Waals surface area contributed by atoms with Gasteiger partial charge in [0, 0.05) is 70.8 Å². The Morgan fingerprint density at radius 1 is 1.00 bits per heavy atom. The summed E-state index contributed by atoms with van der Waals surface area (Å²) in [5, 5.41) is 0. The Kier molecular flexibility index (Phi) is 8.13. The van der Waals surface area contributed by atoms with Gasteiger partial charge in [0.15, 0.2) is 0 Å². The molecule has 1 aromatic heterocycles. The maximum Gasteiger partial charge on any atom is 0.231 e. The van der Waals surface area contributed by atoms with E-state index in [1.54, 1.807) is 13.3 Å². The quantitative estimate of drug-likeness (QED) is 0.632. The number of methoxy groups -OCH3 is 1. The highest BCUT2D eigenvalue weighted by atomic mass is 16.5. The molecule has 2 aromatic rings. The molecule has 0 bridgehead atoms. The average Bonchev–Trinajstić information content (AvgIpc) is 2.86. The molecule has 4 rings (SSSR count). The summed E-state index contributed by atoms with van der Waals surface area (Å²) in [5.74, 6) is 1.70. The van der Waals surface area contributed by atoms with E-state index in [1.165, 1.54) is 5.69 Å². The molecule has 1 aliphatic carbocycles. The summed E-state index contributed by atoms with van der Waals surface area (Å²) >= 11 is 0. The molecule has 1 amide bonds. The third-order valence-electron chi connectivity index (χ3n) is 6.92. The summed E-state index contributed by atoms with van der Waals surface area (Å²) in [6, 6.07) is 16.5. The van der Waals surface area contributed by atoms with E-state index in [1.807, 2.05) is 23.1 Å². The topological polar surface area (TPSA) is 48.9 Å². The van der Waals surface area contributed by atoms with Crippen molar-refractivity contribution >= 4 is 17.4 Å². The molecule has 0 radical (unpaired) electrons. The van der Waals surface area contributed by atoms with E-state index in [4.69, 9.17) is 4.74 Å². The first kappa shape index (κ1) is 22.7. The molecule has 32 heavy (non-hydrogen) atoms. The van der Waals surface area contributed by atoms with Crippen LogP contribution < -0.4 is 9.80 Å². The minimum Gasteiger partial charge on any atom is -0.384 e. The Balaban J connectivity index is 1.33. The van der Waals surface area contributed by atoms with Crippen LogP contribution in [-0.2, 0) is 9.53 Å². The van der Waals surface area contributed by atoms with Crippen LogP contribution in [-0.4, -0.2) is 68.8 Å². The van der Waals surface area contributed by atoms with E-state index in [0.717, 1.165) is 70.8 Å². The third-order valence-corrected chi connectivity index (χ3v) is 6.92. The first-order valence-corrected chi connectivity index (χ1v) is 12.0. The van der Waals surface area contributed by atoms with Gasteiger partial charge < -0.3 is 9.64 Å². The van der Waals surface area contributed by atoms with Crippen molar-refractivity contribution in [3.63, 3.8) is 0 Å². The first-order chi connectivity index (χ1) is 15.7. The predicted molar refractivity (Wildman–Crippen MR) is 129 cm³/mol. The second kappa shape index (κ2) is 11.4. The van der Waals surface area contributed by atoms with Crippen LogP contribution in [0.1, 0.15) is 25.7 Å². The van der Waals surface area contributed by atoms with Crippen LogP contribution in [0.25, 0.3) is 0 Å². The molecule has 6 nitrogen and oxygen atoms in total. The highest BCUT2D eigenvalue weighted by Gasteiger charge is 2.31. The van der Waals surface area contributed by atoms with Crippen LogP contribution in [0.3, 0.4) is 0 Å². The summed E-state index contributed by atoms with van der Waals surface area (Å²) in [7, 11) is 1.76. The number of pyridine rings is 1. The zero-order chi connectivity index (χ0) is 22.2. The van der Waals surface area contributed by atoms with E-state index < -0.39 is 0 Å². The van der Waals surface area contributed by atoms with E-state index in [9.17, 15) is 4.79 Å². The molecule has 0 N–H and O–H groups in total. The number of carbonyl (C=O) groups excluding carboxylic acids is 1. The number of nitrogens with zero attached hydrogens (tertiary/aromatic N) is 4. The number of hydrogen-bond acceptors (Lipinski definition) is 5. The van der Waals surface area contributed by atoms with Crippen LogP contribution in [0.4, 0.5) is 11.5 Å². The number of aromatic nitrogens is 1. The number of hydrogen-bond donors (Lipinski definition) is 0. The maximum atomic E-state index is 13.5. The predicted octanol–water partition coefficient (Wildman–Crippen LogP) is 3.69. The summed E-state index contributed by atoms with van der Waals surface area (Å²) < 4.78 is 5.32. The molecule has 1 saturated heterocycles. The molecule has 0 atom stereocenters. The fraction of sp³-hybridized carbons (Fsp3) is 0.538. The number of piperazine rings is 1. The fourth-order valence-corrected chi connectivity index (χ4v) is 4.99. The van der Waals surface area contributed by atoms with Crippen LogP contribution in [0.5, 0.6) is 0 Å². The van der Waals surface area contributed by atoms with E-state index in [-0.39, 0.29) is 11.8 Å². The largest absolute Gasteiger partial charge is 0.384 e. The normalized spacial score (nSPS) is 22.0. The van der Waals surface area contributed by atoms with Gasteiger partial charge in [0.05, 0.1) is 0 Å². The minimum absolute atomic E-state index is 0.0973. The Bertz CT molecular complexity index is 816. The Hall–Kier alpha value is -2.44. The Labute approximate surface area is 192 Å². The summed E-state index contributed by atoms with van der Waals surface area (Å²) in [6.07, 6.45) is 5.82. The smallest absolute Gasteiger partial charge is 0.231 e. The number of carbonyl (C=O) groups is 1. The maximum absolute atomic E-state index is 13.5. The first-order valence-electron chi connectivity index (χ1n) is 12.0. The number of benzene rings is 1. The lowest BCUT2D eigenvalue weighted by Gasteiger charge is -2.37. The molecule has 0 spiro atoms. The number of amides is 1. The molecule has 172 valence electrons. The third kappa shape index (κ3) is 5.87. The SMILES string of the molecule is COCC1CCC(C(=O)N(CCN2CCN(c3ccccc3)CC2)c2ccccn2)CC1. The van der Waals surface area contributed by atoms with Crippen LogP contribution >= 0.6 is 0 Å². The molecular formula is C26H36N4O2. The van der Waals surface area contributed by atoms with Gasteiger partial charge in [-0.15, -0.1) is 0 Å². The second-order valence-corrected chi connectivity index (χ2v) is 9.02. The summed E-state index contributed by atoms with van der Waals surface area (Å²) in [4.78, 5) is 24.9. The van der Waals surface area contributed by atoms with Gasteiger partial charge in [-0.2, -0.15) is 0 Å². The standard InChI is InChI=1S/C26H36N4O2/c1-32-21-22-10-12-23(13-11-22)26(31)30(25-9-5-6-14-27-25)20-17-28-15-18-29(19-16-28)24-7-3-2-4-8-24/h2-9,14,22-23H,10-13,15-21H2,1H3. The van der Waals surface area contributed by atoms with Crippen LogP contribution in [0, 0.1) is 11.8 Å². The number of anilines is 2. The van der Waals surface area contributed by atoms with Crippen molar-refractivity contribution in [3.8, 4) is 0 Å². The van der Waals surface area contributed by atoms with E-state index in [2.05, 4.69) is 45.1 Å².